The Morgan fingerprint density at radius 3 is 2.81 bits per heavy atom. The molecule has 1 unspecified atom stereocenters. The molecule has 2 aromatic heterocycles. The number of pyridine rings is 1. The fourth-order valence-electron chi connectivity index (χ4n) is 5.06. The maximum Gasteiger partial charge on any atom is 0.307 e. The van der Waals surface area contributed by atoms with Crippen molar-refractivity contribution in [1.82, 2.24) is 14.8 Å². The molecule has 8 nitrogen and oxygen atoms in total. The lowest BCUT2D eigenvalue weighted by atomic mass is 9.97. The van der Waals surface area contributed by atoms with E-state index in [1.165, 1.54) is 0 Å². The zero-order valence-electron chi connectivity index (χ0n) is 20.1. The van der Waals surface area contributed by atoms with E-state index in [4.69, 9.17) is 20.3 Å². The van der Waals surface area contributed by atoms with Crippen molar-refractivity contribution in [3.8, 4) is 16.9 Å². The summed E-state index contributed by atoms with van der Waals surface area (Å²) in [6.45, 7) is 1.54. The van der Waals surface area contributed by atoms with Gasteiger partial charge in [-0.2, -0.15) is 5.10 Å². The molecule has 0 amide bonds. The largest absolute Gasteiger partial charge is 0.487 e. The van der Waals surface area contributed by atoms with Gasteiger partial charge in [-0.25, -0.2) is 4.98 Å². The molecular weight excluding hydrogens is 468 g/mol. The summed E-state index contributed by atoms with van der Waals surface area (Å²) in [4.78, 5) is 15.6. The molecule has 186 valence electrons. The van der Waals surface area contributed by atoms with Gasteiger partial charge in [0.25, 0.3) is 0 Å². The Morgan fingerprint density at radius 2 is 1.97 bits per heavy atom. The summed E-state index contributed by atoms with van der Waals surface area (Å²) in [5, 5.41) is 17.2. The third-order valence-electron chi connectivity index (χ3n) is 6.88. The number of aromatic nitrogens is 3. The van der Waals surface area contributed by atoms with E-state index >= 15 is 0 Å². The summed E-state index contributed by atoms with van der Waals surface area (Å²) in [5.41, 5.74) is 10.7. The van der Waals surface area contributed by atoms with Crippen LogP contribution in [-0.4, -0.2) is 39.1 Å². The van der Waals surface area contributed by atoms with Gasteiger partial charge in [0.05, 0.1) is 30.3 Å². The number of nitrogen functional groups attached to an aromatic ring is 1. The van der Waals surface area contributed by atoms with E-state index in [9.17, 15) is 9.90 Å². The number of hydrogen-bond acceptors (Lipinski definition) is 6. The number of hydrogen-bond donors (Lipinski definition) is 2. The normalized spacial score (nSPS) is 15.4. The minimum absolute atomic E-state index is 0.101. The highest BCUT2D eigenvalue weighted by Gasteiger charge is 2.24. The van der Waals surface area contributed by atoms with Crippen molar-refractivity contribution in [3.05, 3.63) is 84.2 Å². The van der Waals surface area contributed by atoms with E-state index in [2.05, 4.69) is 23.2 Å². The topological polar surface area (TPSA) is 112 Å². The van der Waals surface area contributed by atoms with Crippen LogP contribution in [0.4, 0.5) is 5.82 Å². The average Bonchev–Trinajstić information content (AvgIpc) is 3.56. The van der Waals surface area contributed by atoms with Crippen molar-refractivity contribution in [1.29, 1.82) is 0 Å². The maximum absolute atomic E-state index is 11.3. The lowest BCUT2D eigenvalue weighted by Gasteiger charge is -2.15. The van der Waals surface area contributed by atoms with Gasteiger partial charge in [-0.1, -0.05) is 42.5 Å². The molecule has 6 rings (SSSR count). The minimum Gasteiger partial charge on any atom is -0.487 e. The van der Waals surface area contributed by atoms with E-state index in [1.54, 1.807) is 18.3 Å². The molecule has 1 fully saturated rings. The van der Waals surface area contributed by atoms with Crippen LogP contribution >= 0.6 is 0 Å². The molecular formula is C29H26N4O4. The smallest absolute Gasteiger partial charge is 0.307 e. The standard InChI is InChI=1S/C29H26N4O4/c30-29-23-6-3-5-21(22(23)10-12-31-29)18-8-9-25-24(14-18)26(33(32-25)20-11-13-36-16-20)17-37-27-7-2-1-4-19(27)15-28(34)35/h1-10,12,14,20H,11,13,15-17H2,(H2,30,31)(H,34,35). The minimum atomic E-state index is -0.898. The van der Waals surface area contributed by atoms with E-state index < -0.39 is 5.97 Å². The number of benzene rings is 3. The molecule has 1 atom stereocenters. The Hall–Kier alpha value is -4.43. The van der Waals surface area contributed by atoms with Crippen molar-refractivity contribution < 1.29 is 19.4 Å². The summed E-state index contributed by atoms with van der Waals surface area (Å²) in [6, 6.07) is 21.6. The van der Waals surface area contributed by atoms with Gasteiger partial charge in [0.1, 0.15) is 18.2 Å². The number of carboxylic acids is 1. The van der Waals surface area contributed by atoms with Crippen LogP contribution in [0.5, 0.6) is 5.75 Å². The fourth-order valence-corrected chi connectivity index (χ4v) is 5.06. The molecule has 0 spiro atoms. The van der Waals surface area contributed by atoms with Crippen LogP contribution in [0.1, 0.15) is 23.7 Å². The first kappa shape index (κ1) is 23.0. The van der Waals surface area contributed by atoms with Crippen LogP contribution < -0.4 is 10.5 Å². The molecule has 3 aromatic carbocycles. The van der Waals surface area contributed by atoms with Gasteiger partial charge >= 0.3 is 5.97 Å². The van der Waals surface area contributed by atoms with Gasteiger partial charge < -0.3 is 20.3 Å². The van der Waals surface area contributed by atoms with Crippen LogP contribution in [0.2, 0.25) is 0 Å². The first-order valence-electron chi connectivity index (χ1n) is 12.2. The molecule has 0 radical (unpaired) electrons. The fraction of sp³-hybridized carbons (Fsp3) is 0.207. The zero-order valence-corrected chi connectivity index (χ0v) is 20.1. The number of fused-ring (bicyclic) bond motifs is 2. The number of aliphatic carboxylic acids is 1. The zero-order chi connectivity index (χ0) is 25.4. The predicted octanol–water partition coefficient (Wildman–Crippen LogP) is 5.00. The highest BCUT2D eigenvalue weighted by molar-refractivity contribution is 6.02. The molecule has 3 heterocycles. The molecule has 8 heteroatoms. The Kier molecular flexibility index (Phi) is 5.94. The number of ether oxygens (including phenoxy) is 2. The number of nitrogens with two attached hydrogens (primary N) is 1. The molecule has 37 heavy (non-hydrogen) atoms. The van der Waals surface area contributed by atoms with Crippen LogP contribution in [0.15, 0.2) is 72.9 Å². The second-order valence-electron chi connectivity index (χ2n) is 9.20. The highest BCUT2D eigenvalue weighted by atomic mass is 16.5. The van der Waals surface area contributed by atoms with Crippen LogP contribution in [0, 0.1) is 0 Å². The molecule has 0 bridgehead atoms. The number of carbonyl (C=O) groups is 1. The van der Waals surface area contributed by atoms with Gasteiger partial charge in [-0.15, -0.1) is 0 Å². The molecule has 5 aromatic rings. The number of anilines is 1. The third-order valence-corrected chi connectivity index (χ3v) is 6.88. The third kappa shape index (κ3) is 4.36. The van der Waals surface area contributed by atoms with Gasteiger partial charge in [0, 0.05) is 29.1 Å². The maximum atomic E-state index is 11.3. The summed E-state index contributed by atoms with van der Waals surface area (Å²) >= 11 is 0. The van der Waals surface area contributed by atoms with Crippen molar-refractivity contribution in [2.45, 2.75) is 25.5 Å². The first-order chi connectivity index (χ1) is 18.1. The Morgan fingerprint density at radius 1 is 1.08 bits per heavy atom. The van der Waals surface area contributed by atoms with Crippen molar-refractivity contribution in [2.75, 3.05) is 18.9 Å². The summed E-state index contributed by atoms with van der Waals surface area (Å²) in [6.07, 6.45) is 2.50. The van der Waals surface area contributed by atoms with Gasteiger partial charge in [-0.3, -0.25) is 9.48 Å². The van der Waals surface area contributed by atoms with Crippen LogP contribution in [-0.2, 0) is 22.6 Å². The molecule has 3 N–H and O–H groups in total. The van der Waals surface area contributed by atoms with Crippen LogP contribution in [0.3, 0.4) is 0 Å². The highest BCUT2D eigenvalue weighted by Crippen LogP contribution is 2.35. The van der Waals surface area contributed by atoms with E-state index in [0.717, 1.165) is 44.9 Å². The number of carboxylic acid groups (broad SMARTS) is 1. The Labute approximate surface area is 213 Å². The van der Waals surface area contributed by atoms with Crippen LogP contribution in [0.25, 0.3) is 32.8 Å². The van der Waals surface area contributed by atoms with Gasteiger partial charge in [0.2, 0.25) is 0 Å². The SMILES string of the molecule is Nc1nccc2c(-c3ccc4nn(C5CCOC5)c(COc5ccccc5CC(=O)O)c4c3)cccc12. The molecule has 1 aliphatic heterocycles. The van der Waals surface area contributed by atoms with Crippen molar-refractivity contribution >= 4 is 33.5 Å². The summed E-state index contributed by atoms with van der Waals surface area (Å²) < 4.78 is 13.9. The average molecular weight is 495 g/mol. The molecule has 1 aliphatic rings. The number of rotatable bonds is 7. The summed E-state index contributed by atoms with van der Waals surface area (Å²) in [7, 11) is 0. The Balaban J connectivity index is 1.44. The molecule has 0 saturated carbocycles. The quantitative estimate of drug-likeness (QED) is 0.327. The van der Waals surface area contributed by atoms with E-state index in [0.29, 0.717) is 30.3 Å². The second kappa shape index (κ2) is 9.55. The van der Waals surface area contributed by atoms with Gasteiger partial charge in [0.15, 0.2) is 0 Å². The van der Waals surface area contributed by atoms with Crippen molar-refractivity contribution in [2.24, 2.45) is 0 Å². The number of para-hydroxylation sites is 1. The summed E-state index contributed by atoms with van der Waals surface area (Å²) in [5.74, 6) is 0.162. The second-order valence-corrected chi connectivity index (χ2v) is 9.20. The van der Waals surface area contributed by atoms with E-state index in [-0.39, 0.29) is 19.1 Å². The van der Waals surface area contributed by atoms with Gasteiger partial charge in [-0.05, 0) is 47.2 Å². The monoisotopic (exact) mass is 494 g/mol. The predicted molar refractivity (Wildman–Crippen MR) is 141 cm³/mol. The molecule has 0 aliphatic carbocycles. The lowest BCUT2D eigenvalue weighted by Crippen LogP contribution is -2.15. The Bertz CT molecular complexity index is 1620. The van der Waals surface area contributed by atoms with Crippen molar-refractivity contribution in [3.63, 3.8) is 0 Å². The first-order valence-corrected chi connectivity index (χ1v) is 12.2. The number of nitrogens with zero attached hydrogens (tertiary/aromatic N) is 3. The lowest BCUT2D eigenvalue weighted by molar-refractivity contribution is -0.136. The molecule has 1 saturated heterocycles. The van der Waals surface area contributed by atoms with E-state index in [1.807, 2.05) is 41.1 Å².